The summed E-state index contributed by atoms with van der Waals surface area (Å²) < 4.78 is 0. The van der Waals surface area contributed by atoms with Crippen LogP contribution in [-0.2, 0) is 0 Å². The number of hydrogen-bond acceptors (Lipinski definition) is 0. The summed E-state index contributed by atoms with van der Waals surface area (Å²) in [6, 6.07) is 6.00. The Labute approximate surface area is 109 Å². The van der Waals surface area contributed by atoms with Crippen LogP contribution in [0.3, 0.4) is 0 Å². The topological polar surface area (TPSA) is 0 Å². The molecule has 0 radical (unpaired) electrons. The lowest BCUT2D eigenvalue weighted by atomic mass is 9.90. The Kier molecular flexibility index (Phi) is 3.64. The van der Waals surface area contributed by atoms with E-state index in [1.807, 2.05) is 12.1 Å². The molecule has 1 aromatic rings. The standard InChI is InChI=1S/C12H13BrCl2/c1-7-9(3-4-10(7)13)8-2-5-11(14)12(15)6-8/h2,5-7,9-10H,3-4H2,1H3. The summed E-state index contributed by atoms with van der Waals surface area (Å²) >= 11 is 15.7. The molecular weight excluding hydrogens is 295 g/mol. The van der Waals surface area contributed by atoms with Gasteiger partial charge < -0.3 is 0 Å². The summed E-state index contributed by atoms with van der Waals surface area (Å²) in [5.41, 5.74) is 1.32. The molecule has 2 rings (SSSR count). The van der Waals surface area contributed by atoms with Gasteiger partial charge in [0.2, 0.25) is 0 Å². The lowest BCUT2D eigenvalue weighted by Crippen LogP contribution is -2.08. The van der Waals surface area contributed by atoms with Gasteiger partial charge in [-0.15, -0.1) is 0 Å². The molecule has 0 aromatic heterocycles. The fourth-order valence-corrected chi connectivity index (χ4v) is 3.27. The fourth-order valence-electron chi connectivity index (χ4n) is 2.33. The van der Waals surface area contributed by atoms with E-state index < -0.39 is 0 Å². The Morgan fingerprint density at radius 2 is 1.93 bits per heavy atom. The van der Waals surface area contributed by atoms with E-state index in [0.717, 1.165) is 0 Å². The van der Waals surface area contributed by atoms with E-state index in [-0.39, 0.29) is 0 Å². The maximum atomic E-state index is 6.03. The van der Waals surface area contributed by atoms with Gasteiger partial charge in [-0.05, 0) is 42.4 Å². The van der Waals surface area contributed by atoms with Crippen LogP contribution in [0.15, 0.2) is 18.2 Å². The van der Waals surface area contributed by atoms with Gasteiger partial charge in [0, 0.05) is 4.83 Å². The van der Waals surface area contributed by atoms with Crippen LogP contribution in [0.2, 0.25) is 10.0 Å². The van der Waals surface area contributed by atoms with E-state index in [9.17, 15) is 0 Å². The maximum absolute atomic E-state index is 6.03. The Hall–Kier alpha value is 0.280. The molecule has 0 spiro atoms. The van der Waals surface area contributed by atoms with Crippen molar-refractivity contribution in [1.82, 2.24) is 0 Å². The van der Waals surface area contributed by atoms with Crippen LogP contribution < -0.4 is 0 Å². The second-order valence-electron chi connectivity index (χ2n) is 4.23. The van der Waals surface area contributed by atoms with E-state index in [4.69, 9.17) is 23.2 Å². The Bertz CT molecular complexity index is 365. The molecule has 82 valence electrons. The molecule has 3 unspecified atom stereocenters. The van der Waals surface area contributed by atoms with Crippen LogP contribution in [0.25, 0.3) is 0 Å². The number of rotatable bonds is 1. The van der Waals surface area contributed by atoms with E-state index in [1.165, 1.54) is 18.4 Å². The van der Waals surface area contributed by atoms with Crippen molar-refractivity contribution in [3.63, 3.8) is 0 Å². The van der Waals surface area contributed by atoms with Crippen molar-refractivity contribution in [3.05, 3.63) is 33.8 Å². The van der Waals surface area contributed by atoms with Crippen LogP contribution in [0.1, 0.15) is 31.2 Å². The summed E-state index contributed by atoms with van der Waals surface area (Å²) in [7, 11) is 0. The van der Waals surface area contributed by atoms with E-state index in [0.29, 0.717) is 26.7 Å². The van der Waals surface area contributed by atoms with Crippen LogP contribution in [0.4, 0.5) is 0 Å². The quantitative estimate of drug-likeness (QED) is 0.620. The molecule has 1 fully saturated rings. The Balaban J connectivity index is 2.26. The van der Waals surface area contributed by atoms with E-state index in [1.54, 1.807) is 0 Å². The molecule has 3 heteroatoms. The molecule has 1 aliphatic rings. The van der Waals surface area contributed by atoms with Crippen molar-refractivity contribution in [2.45, 2.75) is 30.5 Å². The fraction of sp³-hybridized carbons (Fsp3) is 0.500. The predicted octanol–water partition coefficient (Wildman–Crippen LogP) is 5.27. The first-order valence-electron chi connectivity index (χ1n) is 5.18. The molecule has 0 N–H and O–H groups in total. The minimum Gasteiger partial charge on any atom is -0.0888 e. The SMILES string of the molecule is CC1C(Br)CCC1c1ccc(Cl)c(Cl)c1. The van der Waals surface area contributed by atoms with Crippen LogP contribution >= 0.6 is 39.1 Å². The van der Waals surface area contributed by atoms with Crippen LogP contribution in [0.5, 0.6) is 0 Å². The van der Waals surface area contributed by atoms with Crippen molar-refractivity contribution < 1.29 is 0 Å². The van der Waals surface area contributed by atoms with Crippen molar-refractivity contribution in [3.8, 4) is 0 Å². The first-order chi connectivity index (χ1) is 7.09. The van der Waals surface area contributed by atoms with Gasteiger partial charge in [-0.1, -0.05) is 52.1 Å². The first kappa shape index (κ1) is 11.8. The third-order valence-electron chi connectivity index (χ3n) is 3.33. The lowest BCUT2D eigenvalue weighted by Gasteiger charge is -2.18. The zero-order valence-electron chi connectivity index (χ0n) is 8.51. The van der Waals surface area contributed by atoms with Gasteiger partial charge in [0.15, 0.2) is 0 Å². The summed E-state index contributed by atoms with van der Waals surface area (Å²) in [6.07, 6.45) is 2.47. The van der Waals surface area contributed by atoms with Gasteiger partial charge in [0.25, 0.3) is 0 Å². The molecule has 1 saturated carbocycles. The van der Waals surface area contributed by atoms with Gasteiger partial charge >= 0.3 is 0 Å². The monoisotopic (exact) mass is 306 g/mol. The zero-order chi connectivity index (χ0) is 11.0. The molecule has 15 heavy (non-hydrogen) atoms. The second-order valence-corrected chi connectivity index (χ2v) is 6.22. The average molecular weight is 308 g/mol. The molecule has 1 aliphatic carbocycles. The third-order valence-corrected chi connectivity index (χ3v) is 5.36. The van der Waals surface area contributed by atoms with Crippen LogP contribution in [-0.4, -0.2) is 4.83 Å². The van der Waals surface area contributed by atoms with Gasteiger partial charge in [-0.3, -0.25) is 0 Å². The molecule has 0 saturated heterocycles. The highest BCUT2D eigenvalue weighted by Gasteiger charge is 2.32. The highest BCUT2D eigenvalue weighted by Crippen LogP contribution is 2.43. The number of halogens is 3. The van der Waals surface area contributed by atoms with Gasteiger partial charge in [-0.25, -0.2) is 0 Å². The summed E-state index contributed by atoms with van der Waals surface area (Å²) in [6.45, 7) is 2.29. The zero-order valence-corrected chi connectivity index (χ0v) is 11.6. The summed E-state index contributed by atoms with van der Waals surface area (Å²) in [4.78, 5) is 0.636. The molecule has 1 aromatic carbocycles. The van der Waals surface area contributed by atoms with Gasteiger partial charge in [0.05, 0.1) is 10.0 Å². The first-order valence-corrected chi connectivity index (χ1v) is 6.86. The average Bonchev–Trinajstić information content (AvgIpc) is 2.53. The number of hydrogen-bond donors (Lipinski definition) is 0. The number of benzene rings is 1. The van der Waals surface area contributed by atoms with Gasteiger partial charge in [0.1, 0.15) is 0 Å². The Morgan fingerprint density at radius 1 is 1.20 bits per heavy atom. The molecule has 0 nitrogen and oxygen atoms in total. The summed E-state index contributed by atoms with van der Waals surface area (Å²) in [5, 5.41) is 1.31. The normalized spacial score (nSPS) is 30.8. The lowest BCUT2D eigenvalue weighted by molar-refractivity contribution is 0.545. The van der Waals surface area contributed by atoms with Crippen molar-refractivity contribution >= 4 is 39.1 Å². The third kappa shape index (κ3) is 2.35. The molecular formula is C12H13BrCl2. The maximum Gasteiger partial charge on any atom is 0.0595 e. The summed E-state index contributed by atoms with van der Waals surface area (Å²) in [5.74, 6) is 1.28. The van der Waals surface area contributed by atoms with Crippen molar-refractivity contribution in [2.24, 2.45) is 5.92 Å². The molecule has 0 aliphatic heterocycles. The molecule has 0 bridgehead atoms. The van der Waals surface area contributed by atoms with Gasteiger partial charge in [-0.2, -0.15) is 0 Å². The van der Waals surface area contributed by atoms with Crippen molar-refractivity contribution in [1.29, 1.82) is 0 Å². The predicted molar refractivity (Wildman–Crippen MR) is 70.3 cm³/mol. The second kappa shape index (κ2) is 4.65. The Morgan fingerprint density at radius 3 is 2.47 bits per heavy atom. The molecule has 3 atom stereocenters. The molecule has 0 heterocycles. The number of alkyl halides is 1. The largest absolute Gasteiger partial charge is 0.0888 e. The van der Waals surface area contributed by atoms with E-state index >= 15 is 0 Å². The molecule has 0 amide bonds. The minimum atomic E-state index is 0.615. The smallest absolute Gasteiger partial charge is 0.0595 e. The van der Waals surface area contributed by atoms with Crippen LogP contribution in [0, 0.1) is 5.92 Å². The highest BCUT2D eigenvalue weighted by molar-refractivity contribution is 9.09. The van der Waals surface area contributed by atoms with E-state index in [2.05, 4.69) is 28.9 Å². The highest BCUT2D eigenvalue weighted by atomic mass is 79.9. The van der Waals surface area contributed by atoms with Crippen molar-refractivity contribution in [2.75, 3.05) is 0 Å². The minimum absolute atomic E-state index is 0.615.